The van der Waals surface area contributed by atoms with Crippen LogP contribution < -0.4 is 10.6 Å². The van der Waals surface area contributed by atoms with Gasteiger partial charge in [0.2, 0.25) is 0 Å². The number of halogens is 3. The molecule has 1 fully saturated rings. The first kappa shape index (κ1) is 22.2. The highest BCUT2D eigenvalue weighted by Gasteiger charge is 2.13. The van der Waals surface area contributed by atoms with Crippen LogP contribution in [0.15, 0.2) is 29.6 Å². The van der Waals surface area contributed by atoms with E-state index in [1.165, 1.54) is 11.3 Å². The standard InChI is InChI=1S/C16H19ClN4OS.2ClH/c17-13-3-1-12(2-4-13)16-20-14(11-23-16)15(22)19-7-10-21-8-5-18-6-9-21;;/h1-4,11,18H,5-10H2,(H,19,22);2*1H. The highest BCUT2D eigenvalue weighted by Crippen LogP contribution is 2.25. The molecule has 0 unspecified atom stereocenters. The van der Waals surface area contributed by atoms with Crippen molar-refractivity contribution in [3.05, 3.63) is 40.4 Å². The summed E-state index contributed by atoms with van der Waals surface area (Å²) in [4.78, 5) is 18.9. The maximum Gasteiger partial charge on any atom is 0.270 e. The van der Waals surface area contributed by atoms with Crippen molar-refractivity contribution in [2.45, 2.75) is 0 Å². The van der Waals surface area contributed by atoms with Gasteiger partial charge in [-0.15, -0.1) is 36.2 Å². The van der Waals surface area contributed by atoms with Gasteiger partial charge in [0.1, 0.15) is 10.7 Å². The minimum absolute atomic E-state index is 0. The summed E-state index contributed by atoms with van der Waals surface area (Å²) in [6.07, 6.45) is 0. The van der Waals surface area contributed by atoms with E-state index >= 15 is 0 Å². The molecule has 1 amide bonds. The molecule has 1 aliphatic rings. The van der Waals surface area contributed by atoms with Crippen molar-refractivity contribution in [2.24, 2.45) is 0 Å². The van der Waals surface area contributed by atoms with Gasteiger partial charge in [-0.05, 0) is 12.1 Å². The normalized spacial score (nSPS) is 14.3. The predicted molar refractivity (Wildman–Crippen MR) is 109 cm³/mol. The maximum atomic E-state index is 12.2. The van der Waals surface area contributed by atoms with E-state index in [0.29, 0.717) is 17.3 Å². The maximum absolute atomic E-state index is 12.2. The van der Waals surface area contributed by atoms with E-state index in [9.17, 15) is 4.79 Å². The van der Waals surface area contributed by atoms with E-state index in [0.717, 1.165) is 43.3 Å². The first-order valence-corrected chi connectivity index (χ1v) is 8.91. The van der Waals surface area contributed by atoms with Crippen LogP contribution in [0.5, 0.6) is 0 Å². The Morgan fingerprint density at radius 2 is 1.92 bits per heavy atom. The fourth-order valence-electron chi connectivity index (χ4n) is 2.46. The Hall–Kier alpha value is -0.890. The molecule has 1 saturated heterocycles. The Kier molecular flexibility index (Phi) is 9.71. The van der Waals surface area contributed by atoms with E-state index in [1.54, 1.807) is 5.38 Å². The average Bonchev–Trinajstić information content (AvgIpc) is 3.06. The molecule has 2 N–H and O–H groups in total. The number of carbonyl (C=O) groups excluding carboxylic acids is 1. The smallest absolute Gasteiger partial charge is 0.270 e. The van der Waals surface area contributed by atoms with Crippen molar-refractivity contribution < 1.29 is 4.79 Å². The molecule has 3 rings (SSSR count). The zero-order chi connectivity index (χ0) is 16.1. The number of nitrogens with zero attached hydrogens (tertiary/aromatic N) is 2. The highest BCUT2D eigenvalue weighted by atomic mass is 35.5. The summed E-state index contributed by atoms with van der Waals surface area (Å²) < 4.78 is 0. The lowest BCUT2D eigenvalue weighted by atomic mass is 10.2. The number of hydrogen-bond donors (Lipinski definition) is 2. The average molecular weight is 424 g/mol. The minimum atomic E-state index is -0.114. The fourth-order valence-corrected chi connectivity index (χ4v) is 3.39. The predicted octanol–water partition coefficient (Wildman–Crippen LogP) is 2.94. The fraction of sp³-hybridized carbons (Fsp3) is 0.375. The molecular weight excluding hydrogens is 403 g/mol. The lowest BCUT2D eigenvalue weighted by molar-refractivity contribution is 0.0943. The number of rotatable bonds is 5. The number of carbonyl (C=O) groups is 1. The number of hydrogen-bond acceptors (Lipinski definition) is 5. The summed E-state index contributed by atoms with van der Waals surface area (Å²) in [7, 11) is 0. The van der Waals surface area contributed by atoms with Crippen molar-refractivity contribution in [3.63, 3.8) is 0 Å². The van der Waals surface area contributed by atoms with Crippen LogP contribution in [0.3, 0.4) is 0 Å². The monoisotopic (exact) mass is 422 g/mol. The third-order valence-corrected chi connectivity index (χ3v) is 4.89. The Morgan fingerprint density at radius 3 is 2.60 bits per heavy atom. The second-order valence-corrected chi connectivity index (χ2v) is 6.69. The zero-order valence-corrected chi connectivity index (χ0v) is 16.7. The summed E-state index contributed by atoms with van der Waals surface area (Å²) in [6, 6.07) is 7.47. The van der Waals surface area contributed by atoms with Crippen LogP contribution in [0.4, 0.5) is 0 Å². The van der Waals surface area contributed by atoms with Crippen LogP contribution in [-0.4, -0.2) is 55.1 Å². The van der Waals surface area contributed by atoms with Crippen molar-refractivity contribution in [2.75, 3.05) is 39.3 Å². The number of aromatic nitrogens is 1. The lowest BCUT2D eigenvalue weighted by Gasteiger charge is -2.26. The van der Waals surface area contributed by atoms with Crippen LogP contribution in [0.1, 0.15) is 10.5 Å². The molecule has 0 radical (unpaired) electrons. The van der Waals surface area contributed by atoms with Crippen LogP contribution in [-0.2, 0) is 0 Å². The molecule has 2 heterocycles. The molecule has 0 spiro atoms. The van der Waals surface area contributed by atoms with E-state index in [2.05, 4.69) is 20.5 Å². The van der Waals surface area contributed by atoms with Gasteiger partial charge in [-0.25, -0.2) is 4.98 Å². The van der Waals surface area contributed by atoms with Gasteiger partial charge in [0.25, 0.3) is 5.91 Å². The topological polar surface area (TPSA) is 57.3 Å². The van der Waals surface area contributed by atoms with Gasteiger partial charge >= 0.3 is 0 Å². The molecule has 9 heteroatoms. The molecule has 2 aromatic rings. The SMILES string of the molecule is Cl.Cl.O=C(NCCN1CCNCC1)c1csc(-c2ccc(Cl)cc2)n1. The molecule has 0 bridgehead atoms. The van der Waals surface area contributed by atoms with Crippen LogP contribution in [0.2, 0.25) is 5.02 Å². The Balaban J connectivity index is 0.00000156. The first-order chi connectivity index (χ1) is 11.2. The molecule has 0 aliphatic carbocycles. The molecule has 5 nitrogen and oxygen atoms in total. The third-order valence-electron chi connectivity index (χ3n) is 3.75. The van der Waals surface area contributed by atoms with Crippen molar-refractivity contribution in [1.29, 1.82) is 0 Å². The summed E-state index contributed by atoms with van der Waals surface area (Å²) in [5.74, 6) is -0.114. The summed E-state index contributed by atoms with van der Waals surface area (Å²) in [5, 5.41) is 9.57. The summed E-state index contributed by atoms with van der Waals surface area (Å²) in [6.45, 7) is 5.63. The number of thiazole rings is 1. The Labute approximate surface area is 169 Å². The van der Waals surface area contributed by atoms with Gasteiger partial charge in [-0.1, -0.05) is 23.7 Å². The van der Waals surface area contributed by atoms with Gasteiger partial charge in [0, 0.05) is 55.2 Å². The van der Waals surface area contributed by atoms with E-state index in [1.807, 2.05) is 24.3 Å². The third kappa shape index (κ3) is 6.40. The number of amides is 1. The molecule has 1 aromatic carbocycles. The molecule has 25 heavy (non-hydrogen) atoms. The van der Waals surface area contributed by atoms with E-state index in [-0.39, 0.29) is 30.7 Å². The largest absolute Gasteiger partial charge is 0.349 e. The van der Waals surface area contributed by atoms with Crippen LogP contribution in [0.25, 0.3) is 10.6 Å². The van der Waals surface area contributed by atoms with Crippen molar-refractivity contribution in [1.82, 2.24) is 20.5 Å². The van der Waals surface area contributed by atoms with Crippen molar-refractivity contribution >= 4 is 53.7 Å². The number of benzene rings is 1. The molecule has 0 atom stereocenters. The van der Waals surface area contributed by atoms with Gasteiger partial charge in [-0.2, -0.15) is 0 Å². The summed E-state index contributed by atoms with van der Waals surface area (Å²) >= 11 is 7.35. The molecule has 138 valence electrons. The van der Waals surface area contributed by atoms with Crippen molar-refractivity contribution in [3.8, 4) is 10.6 Å². The van der Waals surface area contributed by atoms with Crippen LogP contribution in [0, 0.1) is 0 Å². The Morgan fingerprint density at radius 1 is 1.24 bits per heavy atom. The Bertz CT molecular complexity index is 660. The minimum Gasteiger partial charge on any atom is -0.349 e. The van der Waals surface area contributed by atoms with Gasteiger partial charge in [0.15, 0.2) is 0 Å². The molecule has 0 saturated carbocycles. The summed E-state index contributed by atoms with van der Waals surface area (Å²) in [5.41, 5.74) is 1.44. The number of nitrogens with one attached hydrogen (secondary N) is 2. The lowest BCUT2D eigenvalue weighted by Crippen LogP contribution is -2.46. The van der Waals surface area contributed by atoms with Gasteiger partial charge in [0.05, 0.1) is 0 Å². The van der Waals surface area contributed by atoms with Gasteiger partial charge in [-0.3, -0.25) is 9.69 Å². The molecule has 1 aromatic heterocycles. The second-order valence-electron chi connectivity index (χ2n) is 5.39. The molecular formula is C16H21Cl3N4OS. The van der Waals surface area contributed by atoms with Crippen LogP contribution >= 0.6 is 47.8 Å². The quantitative estimate of drug-likeness (QED) is 0.776. The van der Waals surface area contributed by atoms with E-state index in [4.69, 9.17) is 11.6 Å². The number of piperazine rings is 1. The second kappa shape index (κ2) is 11.0. The molecule has 1 aliphatic heterocycles. The highest BCUT2D eigenvalue weighted by molar-refractivity contribution is 7.13. The first-order valence-electron chi connectivity index (χ1n) is 7.65. The zero-order valence-electron chi connectivity index (χ0n) is 13.5. The van der Waals surface area contributed by atoms with Gasteiger partial charge < -0.3 is 10.6 Å². The van der Waals surface area contributed by atoms with E-state index < -0.39 is 0 Å².